The van der Waals surface area contributed by atoms with Crippen LogP contribution in [0.25, 0.3) is 0 Å². The van der Waals surface area contributed by atoms with Gasteiger partial charge in [-0.25, -0.2) is 5.43 Å². The number of carbonyl (C=O) groups is 2. The molecule has 34 heavy (non-hydrogen) atoms. The molecule has 3 rings (SSSR count). The number of likely N-dealkylation sites (N-methyl/N-ethyl adjacent to an activating group) is 1. The third-order valence-corrected chi connectivity index (χ3v) is 5.11. The Morgan fingerprint density at radius 1 is 1.06 bits per heavy atom. The maximum atomic E-state index is 12.9. The van der Waals surface area contributed by atoms with Crippen LogP contribution in [0, 0.1) is 0 Å². The number of aliphatic hydroxyl groups is 1. The normalized spacial score (nSPS) is 11.1. The second-order valence-corrected chi connectivity index (χ2v) is 8.03. The molecule has 0 fully saturated rings. The number of aromatic hydroxyl groups is 1. The van der Waals surface area contributed by atoms with E-state index in [-0.39, 0.29) is 29.5 Å². The molecule has 0 aliphatic rings. The SMILES string of the molecule is CN(CCO)Cc1cccc(C(=O)Nc2ccc(Cl)cc2C(=O)N/N=C/c2ccc(O)cc2)c1. The third-order valence-electron chi connectivity index (χ3n) is 4.87. The zero-order valence-electron chi connectivity index (χ0n) is 18.5. The fraction of sp³-hybridized carbons (Fsp3) is 0.160. The molecule has 0 bridgehead atoms. The molecule has 4 N–H and O–H groups in total. The molecule has 3 aromatic rings. The van der Waals surface area contributed by atoms with Gasteiger partial charge in [0.1, 0.15) is 5.75 Å². The van der Waals surface area contributed by atoms with Crippen molar-refractivity contribution in [1.29, 1.82) is 0 Å². The summed E-state index contributed by atoms with van der Waals surface area (Å²) in [6.45, 7) is 1.15. The van der Waals surface area contributed by atoms with E-state index in [1.807, 2.05) is 18.0 Å². The highest BCUT2D eigenvalue weighted by Gasteiger charge is 2.15. The van der Waals surface area contributed by atoms with Gasteiger partial charge in [-0.2, -0.15) is 5.10 Å². The molecule has 0 saturated carbocycles. The van der Waals surface area contributed by atoms with E-state index in [1.165, 1.54) is 24.4 Å². The first kappa shape index (κ1) is 24.9. The molecule has 0 radical (unpaired) electrons. The van der Waals surface area contributed by atoms with Crippen LogP contribution in [0.15, 0.2) is 71.8 Å². The van der Waals surface area contributed by atoms with Gasteiger partial charge in [-0.05, 0) is 72.8 Å². The summed E-state index contributed by atoms with van der Waals surface area (Å²) in [5, 5.41) is 25.4. The van der Waals surface area contributed by atoms with E-state index in [4.69, 9.17) is 16.7 Å². The Morgan fingerprint density at radius 2 is 1.82 bits per heavy atom. The summed E-state index contributed by atoms with van der Waals surface area (Å²) in [7, 11) is 1.88. The molecule has 176 valence electrons. The minimum absolute atomic E-state index is 0.0526. The van der Waals surface area contributed by atoms with Crippen molar-refractivity contribution in [3.8, 4) is 5.75 Å². The van der Waals surface area contributed by atoms with Crippen LogP contribution >= 0.6 is 11.6 Å². The highest BCUT2D eigenvalue weighted by molar-refractivity contribution is 6.31. The summed E-state index contributed by atoms with van der Waals surface area (Å²) in [5.41, 5.74) is 4.89. The molecule has 0 atom stereocenters. The number of hydrazone groups is 1. The monoisotopic (exact) mass is 480 g/mol. The van der Waals surface area contributed by atoms with Crippen molar-refractivity contribution >= 4 is 35.3 Å². The lowest BCUT2D eigenvalue weighted by Gasteiger charge is -2.16. The van der Waals surface area contributed by atoms with Gasteiger partial charge in [-0.1, -0.05) is 23.7 Å². The van der Waals surface area contributed by atoms with Crippen LogP contribution in [-0.2, 0) is 6.54 Å². The Bertz CT molecular complexity index is 1180. The van der Waals surface area contributed by atoms with E-state index < -0.39 is 5.91 Å². The van der Waals surface area contributed by atoms with Gasteiger partial charge in [-0.15, -0.1) is 0 Å². The number of nitrogens with zero attached hydrogens (tertiary/aromatic N) is 2. The van der Waals surface area contributed by atoms with Gasteiger partial charge in [0.2, 0.25) is 0 Å². The fourth-order valence-corrected chi connectivity index (χ4v) is 3.34. The van der Waals surface area contributed by atoms with Crippen molar-refractivity contribution in [3.63, 3.8) is 0 Å². The number of hydrogen-bond acceptors (Lipinski definition) is 6. The smallest absolute Gasteiger partial charge is 0.273 e. The molecule has 0 aliphatic carbocycles. The van der Waals surface area contributed by atoms with Gasteiger partial charge in [0.15, 0.2) is 0 Å². The number of benzene rings is 3. The van der Waals surface area contributed by atoms with Crippen LogP contribution in [0.2, 0.25) is 5.02 Å². The number of rotatable bonds is 9. The number of hydrogen-bond donors (Lipinski definition) is 4. The van der Waals surface area contributed by atoms with Crippen molar-refractivity contribution in [2.45, 2.75) is 6.54 Å². The van der Waals surface area contributed by atoms with Crippen LogP contribution in [-0.4, -0.2) is 53.3 Å². The van der Waals surface area contributed by atoms with Crippen LogP contribution < -0.4 is 10.7 Å². The first-order chi connectivity index (χ1) is 16.4. The summed E-state index contributed by atoms with van der Waals surface area (Å²) < 4.78 is 0. The number of aliphatic hydroxyl groups excluding tert-OH is 1. The lowest BCUT2D eigenvalue weighted by atomic mass is 10.1. The third kappa shape index (κ3) is 7.14. The first-order valence-corrected chi connectivity index (χ1v) is 10.8. The van der Waals surface area contributed by atoms with Gasteiger partial charge in [-0.3, -0.25) is 14.5 Å². The predicted molar refractivity (Wildman–Crippen MR) is 132 cm³/mol. The summed E-state index contributed by atoms with van der Waals surface area (Å²) in [4.78, 5) is 27.5. The van der Waals surface area contributed by atoms with E-state index in [1.54, 1.807) is 42.5 Å². The highest BCUT2D eigenvalue weighted by Crippen LogP contribution is 2.22. The number of phenolic OH excluding ortho intramolecular Hbond substituents is 1. The maximum absolute atomic E-state index is 12.9. The zero-order chi connectivity index (χ0) is 24.5. The molecule has 0 heterocycles. The van der Waals surface area contributed by atoms with Crippen LogP contribution in [0.3, 0.4) is 0 Å². The second kappa shape index (κ2) is 11.9. The summed E-state index contributed by atoms with van der Waals surface area (Å²) in [6, 6.07) is 18.0. The molecule has 0 aliphatic heterocycles. The number of amides is 2. The number of anilines is 1. The van der Waals surface area contributed by atoms with Crippen molar-refractivity contribution in [2.24, 2.45) is 5.10 Å². The van der Waals surface area contributed by atoms with Crippen LogP contribution in [0.5, 0.6) is 5.75 Å². The number of carbonyl (C=O) groups excluding carboxylic acids is 2. The number of halogens is 1. The molecule has 0 unspecified atom stereocenters. The van der Waals surface area contributed by atoms with E-state index in [2.05, 4.69) is 15.8 Å². The number of phenols is 1. The summed E-state index contributed by atoms with van der Waals surface area (Å²) in [6.07, 6.45) is 1.43. The molecule has 9 heteroatoms. The van der Waals surface area contributed by atoms with Gasteiger partial charge < -0.3 is 15.5 Å². The Labute approximate surface area is 202 Å². The van der Waals surface area contributed by atoms with Gasteiger partial charge in [0, 0.05) is 23.7 Å². The maximum Gasteiger partial charge on any atom is 0.273 e. The van der Waals surface area contributed by atoms with Crippen LogP contribution in [0.1, 0.15) is 31.8 Å². The highest BCUT2D eigenvalue weighted by atomic mass is 35.5. The standard InChI is InChI=1S/C25H25ClN4O4/c1-30(11-12-31)16-18-3-2-4-19(13-18)24(33)28-23-10-7-20(26)14-22(23)25(34)29-27-15-17-5-8-21(32)9-6-17/h2-10,13-15,31-32H,11-12,16H2,1H3,(H,28,33)(H,29,34)/b27-15+. The lowest BCUT2D eigenvalue weighted by molar-refractivity contribution is 0.0956. The quantitative estimate of drug-likeness (QED) is 0.276. The fourth-order valence-electron chi connectivity index (χ4n) is 3.17. The van der Waals surface area contributed by atoms with Crippen molar-refractivity contribution in [3.05, 3.63) is 94.0 Å². The van der Waals surface area contributed by atoms with Crippen molar-refractivity contribution < 1.29 is 19.8 Å². The van der Waals surface area contributed by atoms with Crippen LogP contribution in [0.4, 0.5) is 5.69 Å². The van der Waals surface area contributed by atoms with Gasteiger partial charge in [0.05, 0.1) is 24.1 Å². The topological polar surface area (TPSA) is 114 Å². The Kier molecular flexibility index (Phi) is 8.75. The molecule has 3 aromatic carbocycles. The Hall–Kier alpha value is -3.72. The molecule has 0 saturated heterocycles. The molecular formula is C25H25ClN4O4. The second-order valence-electron chi connectivity index (χ2n) is 7.60. The molecular weight excluding hydrogens is 456 g/mol. The zero-order valence-corrected chi connectivity index (χ0v) is 19.3. The summed E-state index contributed by atoms with van der Waals surface area (Å²) >= 11 is 6.08. The van der Waals surface area contributed by atoms with Crippen molar-refractivity contribution in [1.82, 2.24) is 10.3 Å². The lowest BCUT2D eigenvalue weighted by Crippen LogP contribution is -2.22. The molecule has 0 spiro atoms. The molecule has 8 nitrogen and oxygen atoms in total. The predicted octanol–water partition coefficient (Wildman–Crippen LogP) is 3.49. The Balaban J connectivity index is 1.72. The first-order valence-electron chi connectivity index (χ1n) is 10.5. The van der Waals surface area contributed by atoms with E-state index in [0.717, 1.165) is 5.56 Å². The van der Waals surface area contributed by atoms with E-state index in [9.17, 15) is 14.7 Å². The van der Waals surface area contributed by atoms with E-state index in [0.29, 0.717) is 29.2 Å². The minimum Gasteiger partial charge on any atom is -0.508 e. The Morgan fingerprint density at radius 3 is 2.56 bits per heavy atom. The van der Waals surface area contributed by atoms with Gasteiger partial charge in [0.25, 0.3) is 11.8 Å². The average Bonchev–Trinajstić information content (AvgIpc) is 2.81. The average molecular weight is 481 g/mol. The van der Waals surface area contributed by atoms with E-state index >= 15 is 0 Å². The largest absolute Gasteiger partial charge is 0.508 e. The minimum atomic E-state index is -0.549. The molecule has 0 aromatic heterocycles. The van der Waals surface area contributed by atoms with Gasteiger partial charge >= 0.3 is 0 Å². The summed E-state index contributed by atoms with van der Waals surface area (Å²) in [5.74, 6) is -0.800. The van der Waals surface area contributed by atoms with Crippen molar-refractivity contribution in [2.75, 3.05) is 25.5 Å². The number of nitrogens with one attached hydrogen (secondary N) is 2. The molecule has 2 amide bonds.